The van der Waals surface area contributed by atoms with Crippen molar-refractivity contribution >= 4 is 28.2 Å². The third-order valence-electron chi connectivity index (χ3n) is 3.44. The molecule has 19 heavy (non-hydrogen) atoms. The van der Waals surface area contributed by atoms with Crippen molar-refractivity contribution in [1.82, 2.24) is 10.3 Å². The molecule has 0 unspecified atom stereocenters. The molecule has 1 aromatic carbocycles. The van der Waals surface area contributed by atoms with E-state index in [2.05, 4.69) is 15.2 Å². The summed E-state index contributed by atoms with van der Waals surface area (Å²) in [5, 5.41) is 3.84. The van der Waals surface area contributed by atoms with Crippen LogP contribution < -0.4 is 16.0 Å². The third kappa shape index (κ3) is 2.19. The van der Waals surface area contributed by atoms with Crippen LogP contribution in [0.3, 0.4) is 0 Å². The van der Waals surface area contributed by atoms with Gasteiger partial charge in [0.05, 0.1) is 11.2 Å². The summed E-state index contributed by atoms with van der Waals surface area (Å²) in [4.78, 5) is 18.0. The summed E-state index contributed by atoms with van der Waals surface area (Å²) >= 11 is 0. The molecule has 0 saturated carbocycles. The van der Waals surface area contributed by atoms with Gasteiger partial charge in [-0.05, 0) is 24.3 Å². The molecule has 1 fully saturated rings. The maximum atomic E-state index is 11.4. The Morgan fingerprint density at radius 2 is 2.16 bits per heavy atom. The number of aromatic nitrogens is 1. The molecule has 5 nitrogen and oxygen atoms in total. The summed E-state index contributed by atoms with van der Waals surface area (Å²) in [6.45, 7) is 2.17. The van der Waals surface area contributed by atoms with Crippen molar-refractivity contribution in [1.29, 1.82) is 0 Å². The average Bonchev–Trinajstić information content (AvgIpc) is 2.65. The summed E-state index contributed by atoms with van der Waals surface area (Å²) in [6, 6.07) is 7.75. The number of fused-ring (bicyclic) bond motifs is 1. The number of pyridine rings is 1. The van der Waals surface area contributed by atoms with E-state index < -0.39 is 0 Å². The Bertz CT molecular complexity index is 626. The Morgan fingerprint density at radius 3 is 3.05 bits per heavy atom. The minimum Gasteiger partial charge on any atom is -0.398 e. The number of hydrogen-bond donors (Lipinski definition) is 2. The number of anilines is 2. The second kappa shape index (κ2) is 4.76. The first-order chi connectivity index (χ1) is 9.25. The smallest absolute Gasteiger partial charge is 0.221 e. The lowest BCUT2D eigenvalue weighted by Gasteiger charge is -2.23. The lowest BCUT2D eigenvalue weighted by Crippen LogP contribution is -2.28. The summed E-state index contributed by atoms with van der Waals surface area (Å²) in [5.41, 5.74) is 8.66. The zero-order valence-electron chi connectivity index (χ0n) is 10.6. The van der Waals surface area contributed by atoms with E-state index in [1.165, 1.54) is 0 Å². The topological polar surface area (TPSA) is 71.2 Å². The number of nitrogen functional groups attached to an aromatic ring is 1. The molecule has 1 aromatic heterocycles. The fourth-order valence-corrected chi connectivity index (χ4v) is 2.44. The number of nitrogens with one attached hydrogen (secondary N) is 1. The van der Waals surface area contributed by atoms with Crippen molar-refractivity contribution in [2.24, 2.45) is 0 Å². The Labute approximate surface area is 111 Å². The van der Waals surface area contributed by atoms with Gasteiger partial charge in [-0.1, -0.05) is 0 Å². The molecule has 2 aromatic rings. The van der Waals surface area contributed by atoms with Crippen LogP contribution in [0, 0.1) is 0 Å². The Balaban J connectivity index is 2.05. The van der Waals surface area contributed by atoms with E-state index in [1.54, 1.807) is 6.20 Å². The second-order valence-corrected chi connectivity index (χ2v) is 4.66. The fourth-order valence-electron chi connectivity index (χ4n) is 2.44. The molecular weight excluding hydrogens is 240 g/mol. The zero-order valence-corrected chi connectivity index (χ0v) is 10.6. The normalized spacial score (nSPS) is 16.2. The average molecular weight is 256 g/mol. The van der Waals surface area contributed by atoms with Gasteiger partial charge in [-0.25, -0.2) is 0 Å². The van der Waals surface area contributed by atoms with Crippen molar-refractivity contribution < 1.29 is 4.79 Å². The molecule has 0 bridgehead atoms. The highest BCUT2D eigenvalue weighted by atomic mass is 16.1. The number of hydrogen-bond acceptors (Lipinski definition) is 4. The van der Waals surface area contributed by atoms with Crippen LogP contribution in [0.5, 0.6) is 0 Å². The summed E-state index contributed by atoms with van der Waals surface area (Å²) in [7, 11) is 0. The van der Waals surface area contributed by atoms with Crippen molar-refractivity contribution in [2.75, 3.05) is 30.3 Å². The SMILES string of the molecule is Nc1ccc(N2CCNC(=O)CC2)c2ncccc12. The maximum absolute atomic E-state index is 11.4. The van der Waals surface area contributed by atoms with Gasteiger partial charge in [0.25, 0.3) is 0 Å². The third-order valence-corrected chi connectivity index (χ3v) is 3.44. The largest absolute Gasteiger partial charge is 0.398 e. The Hall–Kier alpha value is -2.30. The van der Waals surface area contributed by atoms with E-state index in [9.17, 15) is 4.79 Å². The predicted molar refractivity (Wildman–Crippen MR) is 76.0 cm³/mol. The molecule has 1 saturated heterocycles. The molecule has 1 amide bonds. The maximum Gasteiger partial charge on any atom is 0.221 e. The number of nitrogens with zero attached hydrogens (tertiary/aromatic N) is 2. The molecule has 98 valence electrons. The molecule has 0 aliphatic carbocycles. The van der Waals surface area contributed by atoms with Gasteiger partial charge in [0, 0.05) is 43.3 Å². The van der Waals surface area contributed by atoms with Crippen molar-refractivity contribution in [3.8, 4) is 0 Å². The highest BCUT2D eigenvalue weighted by Gasteiger charge is 2.16. The quantitative estimate of drug-likeness (QED) is 0.751. The first kappa shape index (κ1) is 11.8. The highest BCUT2D eigenvalue weighted by Crippen LogP contribution is 2.29. The van der Waals surface area contributed by atoms with Gasteiger partial charge in [0.2, 0.25) is 5.91 Å². The molecule has 0 atom stereocenters. The Kier molecular flexibility index (Phi) is 2.95. The van der Waals surface area contributed by atoms with Gasteiger partial charge in [-0.15, -0.1) is 0 Å². The van der Waals surface area contributed by atoms with Gasteiger partial charge in [-0.2, -0.15) is 0 Å². The van der Waals surface area contributed by atoms with E-state index in [1.807, 2.05) is 24.3 Å². The van der Waals surface area contributed by atoms with E-state index in [-0.39, 0.29) is 5.91 Å². The minimum absolute atomic E-state index is 0.107. The monoisotopic (exact) mass is 256 g/mol. The number of benzene rings is 1. The van der Waals surface area contributed by atoms with Crippen molar-refractivity contribution in [3.05, 3.63) is 30.5 Å². The molecule has 1 aliphatic rings. The van der Waals surface area contributed by atoms with Crippen LogP contribution in [-0.2, 0) is 4.79 Å². The van der Waals surface area contributed by atoms with Gasteiger partial charge < -0.3 is 16.0 Å². The fraction of sp³-hybridized carbons (Fsp3) is 0.286. The first-order valence-electron chi connectivity index (χ1n) is 6.40. The number of carbonyl (C=O) groups excluding carboxylic acids is 1. The van der Waals surface area contributed by atoms with Crippen LogP contribution in [0.15, 0.2) is 30.5 Å². The van der Waals surface area contributed by atoms with Gasteiger partial charge in [0.15, 0.2) is 0 Å². The number of rotatable bonds is 1. The second-order valence-electron chi connectivity index (χ2n) is 4.66. The standard InChI is InChI=1S/C14H16N4O/c15-11-3-4-12(14-10(11)2-1-6-17-14)18-8-5-13(19)16-7-9-18/h1-4,6H,5,7-9,15H2,(H,16,19). The van der Waals surface area contributed by atoms with Crippen LogP contribution in [-0.4, -0.2) is 30.5 Å². The zero-order chi connectivity index (χ0) is 13.2. The van der Waals surface area contributed by atoms with Gasteiger partial charge >= 0.3 is 0 Å². The van der Waals surface area contributed by atoms with Gasteiger partial charge in [-0.3, -0.25) is 9.78 Å². The summed E-state index contributed by atoms with van der Waals surface area (Å²) in [5.74, 6) is 0.107. The summed E-state index contributed by atoms with van der Waals surface area (Å²) in [6.07, 6.45) is 2.28. The molecule has 0 radical (unpaired) electrons. The molecule has 5 heteroatoms. The highest BCUT2D eigenvalue weighted by molar-refractivity contribution is 5.98. The molecule has 1 aliphatic heterocycles. The predicted octanol–water partition coefficient (Wildman–Crippen LogP) is 1.14. The van der Waals surface area contributed by atoms with Crippen LogP contribution in [0.1, 0.15) is 6.42 Å². The van der Waals surface area contributed by atoms with E-state index in [4.69, 9.17) is 5.73 Å². The number of carbonyl (C=O) groups is 1. The molecule has 2 heterocycles. The van der Waals surface area contributed by atoms with Crippen LogP contribution >= 0.6 is 0 Å². The molecule has 0 spiro atoms. The molecule has 3 rings (SSSR count). The lowest BCUT2D eigenvalue weighted by molar-refractivity contribution is -0.120. The van der Waals surface area contributed by atoms with Crippen LogP contribution in [0.4, 0.5) is 11.4 Å². The summed E-state index contributed by atoms with van der Waals surface area (Å²) < 4.78 is 0. The molecular formula is C14H16N4O. The lowest BCUT2D eigenvalue weighted by atomic mass is 10.1. The van der Waals surface area contributed by atoms with E-state index in [0.717, 1.165) is 28.8 Å². The number of nitrogens with two attached hydrogens (primary N) is 1. The van der Waals surface area contributed by atoms with Crippen molar-refractivity contribution in [2.45, 2.75) is 6.42 Å². The van der Waals surface area contributed by atoms with Crippen molar-refractivity contribution in [3.63, 3.8) is 0 Å². The van der Waals surface area contributed by atoms with Crippen LogP contribution in [0.2, 0.25) is 0 Å². The molecule has 3 N–H and O–H groups in total. The number of amides is 1. The first-order valence-corrected chi connectivity index (χ1v) is 6.40. The Morgan fingerprint density at radius 1 is 1.26 bits per heavy atom. The minimum atomic E-state index is 0.107. The van der Waals surface area contributed by atoms with E-state index >= 15 is 0 Å². The van der Waals surface area contributed by atoms with E-state index in [0.29, 0.717) is 19.5 Å². The van der Waals surface area contributed by atoms with Gasteiger partial charge in [0.1, 0.15) is 0 Å². The van der Waals surface area contributed by atoms with Crippen LogP contribution in [0.25, 0.3) is 10.9 Å².